The van der Waals surface area contributed by atoms with E-state index in [4.69, 9.17) is 17.0 Å². The Balaban J connectivity index is 1.31. The van der Waals surface area contributed by atoms with Gasteiger partial charge in [-0.2, -0.15) is 11.8 Å². The molecule has 6 nitrogen and oxygen atoms in total. The molecule has 6 rings (SSSR count). The van der Waals surface area contributed by atoms with Gasteiger partial charge in [0.15, 0.2) is 5.78 Å². The highest BCUT2D eigenvalue weighted by Crippen LogP contribution is 2.45. The molecule has 0 amide bonds. The Kier molecular flexibility index (Phi) is 10.4. The molecule has 3 aliphatic heterocycles. The fraction of sp³-hybridized carbons (Fsp3) is 0.657. The van der Waals surface area contributed by atoms with Crippen LogP contribution in [0.3, 0.4) is 0 Å². The van der Waals surface area contributed by atoms with Gasteiger partial charge in [-0.25, -0.2) is 14.2 Å². The number of carbonyl (C=O) groups excluding carboxylic acids is 1. The van der Waals surface area contributed by atoms with Crippen molar-refractivity contribution in [2.24, 2.45) is 11.8 Å². The van der Waals surface area contributed by atoms with Crippen molar-refractivity contribution in [2.45, 2.75) is 100 Å². The number of carbonyl (C=O) groups is 1. The second kappa shape index (κ2) is 14.1. The number of piperidine rings is 2. The molecule has 246 valence electrons. The summed E-state index contributed by atoms with van der Waals surface area (Å²) < 4.78 is 34.8. The zero-order chi connectivity index (χ0) is 31.7. The second-order valence-corrected chi connectivity index (χ2v) is 15.1. The first-order chi connectivity index (χ1) is 21.7. The van der Waals surface area contributed by atoms with Crippen LogP contribution < -0.4 is 15.8 Å². The van der Waals surface area contributed by atoms with Gasteiger partial charge in [0.25, 0.3) is 5.92 Å². The number of halogens is 2. The van der Waals surface area contributed by atoms with Gasteiger partial charge in [-0.15, -0.1) is 0 Å². The average molecular weight is 659 g/mol. The number of thiocarbonyl (C=S) groups is 1. The molecule has 5 fully saturated rings. The number of ketones is 1. The highest BCUT2D eigenvalue weighted by atomic mass is 32.2. The van der Waals surface area contributed by atoms with E-state index in [1.807, 2.05) is 0 Å². The van der Waals surface area contributed by atoms with Crippen molar-refractivity contribution in [1.82, 2.24) is 15.6 Å². The monoisotopic (exact) mass is 658 g/mol. The third kappa shape index (κ3) is 7.35. The van der Waals surface area contributed by atoms with Crippen molar-refractivity contribution in [1.29, 1.82) is 0 Å². The third-order valence-electron chi connectivity index (χ3n) is 10.7. The number of likely N-dealkylation sites (tertiary alicyclic amines) is 1. The van der Waals surface area contributed by atoms with Crippen molar-refractivity contribution in [3.63, 3.8) is 0 Å². The second-order valence-electron chi connectivity index (χ2n) is 13.7. The SMILES string of the molecule is C=CC(=O)/C=C1/CCC2C3C(NN(c4ccc(C5CC5)cc4)C3CCN2C(=S)C2CCC(C(C)(F)F)NC2)C(OCCSC)C1. The molecule has 1 aromatic rings. The maximum atomic E-state index is 14.1. The van der Waals surface area contributed by atoms with Crippen LogP contribution in [0.1, 0.15) is 69.8 Å². The van der Waals surface area contributed by atoms with Crippen molar-refractivity contribution in [3.8, 4) is 0 Å². The Morgan fingerprint density at radius 2 is 1.93 bits per heavy atom. The van der Waals surface area contributed by atoms with Crippen LogP contribution in [0.5, 0.6) is 0 Å². The number of ether oxygens (including phenoxy) is 1. The largest absolute Gasteiger partial charge is 0.375 e. The Morgan fingerprint density at radius 1 is 1.16 bits per heavy atom. The number of thioether (sulfide) groups is 1. The van der Waals surface area contributed by atoms with E-state index in [9.17, 15) is 13.6 Å². The van der Waals surface area contributed by atoms with Gasteiger partial charge in [0, 0.05) is 43.6 Å². The summed E-state index contributed by atoms with van der Waals surface area (Å²) in [5.41, 5.74) is 7.63. The van der Waals surface area contributed by atoms with Crippen LogP contribution in [0.4, 0.5) is 14.5 Å². The van der Waals surface area contributed by atoms with Gasteiger partial charge in [-0.05, 0) is 93.4 Å². The molecule has 10 heteroatoms. The van der Waals surface area contributed by atoms with E-state index in [2.05, 4.69) is 57.8 Å². The van der Waals surface area contributed by atoms with E-state index in [1.54, 1.807) is 17.8 Å². The summed E-state index contributed by atoms with van der Waals surface area (Å²) in [5.74, 6) is -0.915. The van der Waals surface area contributed by atoms with Gasteiger partial charge in [-0.3, -0.25) is 4.79 Å². The van der Waals surface area contributed by atoms with Crippen molar-refractivity contribution in [3.05, 3.63) is 54.1 Å². The van der Waals surface area contributed by atoms with Crippen LogP contribution in [0, 0.1) is 11.8 Å². The molecule has 1 aromatic carbocycles. The first-order valence-corrected chi connectivity index (χ1v) is 18.5. The molecule has 3 saturated heterocycles. The molecule has 0 bridgehead atoms. The number of anilines is 1. The van der Waals surface area contributed by atoms with Crippen LogP contribution in [0.15, 0.2) is 48.6 Å². The van der Waals surface area contributed by atoms with E-state index in [-0.39, 0.29) is 41.8 Å². The molecule has 5 aliphatic rings. The van der Waals surface area contributed by atoms with Crippen LogP contribution >= 0.6 is 24.0 Å². The van der Waals surface area contributed by atoms with Gasteiger partial charge in [-0.1, -0.05) is 36.5 Å². The molecule has 2 aliphatic carbocycles. The van der Waals surface area contributed by atoms with E-state index in [0.29, 0.717) is 38.3 Å². The summed E-state index contributed by atoms with van der Waals surface area (Å²) in [7, 11) is 0. The highest BCUT2D eigenvalue weighted by Gasteiger charge is 2.54. The Bertz CT molecular complexity index is 1260. The number of hydrogen-bond acceptors (Lipinski definition) is 7. The first kappa shape index (κ1) is 33.1. The molecular weight excluding hydrogens is 611 g/mol. The Hall–Kier alpha value is -1.85. The lowest BCUT2D eigenvalue weighted by atomic mass is 9.73. The van der Waals surface area contributed by atoms with Crippen molar-refractivity contribution in [2.75, 3.05) is 36.7 Å². The number of nitrogens with zero attached hydrogens (tertiary/aromatic N) is 2. The Morgan fingerprint density at radius 3 is 2.58 bits per heavy atom. The quantitative estimate of drug-likeness (QED) is 0.173. The number of alkyl halides is 2. The zero-order valence-electron chi connectivity index (χ0n) is 26.6. The standard InChI is InChI=1S/C35H48F2N4O2S2/c1-4-27(42)19-22-5-13-28-32-29(15-16-40(28)34(44)25-10-14-31(38-21-25)35(2,36)37)41(26-11-8-24(9-12-26)23-6-7-23)39-33(32)30(20-22)43-17-18-45-3/h4,8-9,11-12,19,23,25,28-33,38-39H,1,5-7,10,13-18,20-21H2,2-3H3/b22-19-. The maximum absolute atomic E-state index is 14.1. The lowest BCUT2D eigenvalue weighted by molar-refractivity contribution is -0.110. The summed E-state index contributed by atoms with van der Waals surface area (Å²) in [6, 6.07) is 8.73. The summed E-state index contributed by atoms with van der Waals surface area (Å²) >= 11 is 7.99. The smallest absolute Gasteiger partial charge is 0.260 e. The summed E-state index contributed by atoms with van der Waals surface area (Å²) in [5, 5.41) is 5.50. The van der Waals surface area contributed by atoms with Crippen LogP contribution in [-0.2, 0) is 9.53 Å². The van der Waals surface area contributed by atoms with Gasteiger partial charge >= 0.3 is 0 Å². The minimum atomic E-state index is -2.75. The first-order valence-electron chi connectivity index (χ1n) is 16.7. The summed E-state index contributed by atoms with van der Waals surface area (Å²) in [6.45, 7) is 6.64. The molecule has 0 radical (unpaired) electrons. The lowest BCUT2D eigenvalue weighted by Gasteiger charge is -2.49. The lowest BCUT2D eigenvalue weighted by Crippen LogP contribution is -2.60. The minimum Gasteiger partial charge on any atom is -0.375 e. The number of hydrazine groups is 1. The number of rotatable bonds is 10. The summed E-state index contributed by atoms with van der Waals surface area (Å²) in [6.07, 6.45) is 12.0. The highest BCUT2D eigenvalue weighted by molar-refractivity contribution is 7.98. The molecule has 2 saturated carbocycles. The zero-order valence-corrected chi connectivity index (χ0v) is 28.2. The Labute approximate surface area is 276 Å². The molecule has 3 heterocycles. The predicted molar refractivity (Wildman–Crippen MR) is 183 cm³/mol. The van der Waals surface area contributed by atoms with Crippen molar-refractivity contribution >= 4 is 40.4 Å². The fourth-order valence-electron chi connectivity index (χ4n) is 8.15. The van der Waals surface area contributed by atoms with Crippen LogP contribution in [-0.4, -0.2) is 83.6 Å². The van der Waals surface area contributed by atoms with E-state index in [1.165, 1.54) is 30.2 Å². The van der Waals surface area contributed by atoms with Gasteiger partial charge in [0.2, 0.25) is 0 Å². The molecule has 45 heavy (non-hydrogen) atoms. The van der Waals surface area contributed by atoms with Crippen molar-refractivity contribution < 1.29 is 18.3 Å². The van der Waals surface area contributed by atoms with Gasteiger partial charge in [0.1, 0.15) is 0 Å². The van der Waals surface area contributed by atoms with Gasteiger partial charge in [0.05, 0.1) is 41.5 Å². The topological polar surface area (TPSA) is 56.8 Å². The molecular formula is C35H48F2N4O2S2. The van der Waals surface area contributed by atoms with Gasteiger partial charge < -0.3 is 20.0 Å². The number of allylic oxidation sites excluding steroid dienone is 2. The van der Waals surface area contributed by atoms with E-state index < -0.39 is 12.0 Å². The number of hydrogen-bond donors (Lipinski definition) is 2. The number of benzene rings is 1. The predicted octanol–water partition coefficient (Wildman–Crippen LogP) is 6.28. The summed E-state index contributed by atoms with van der Waals surface area (Å²) in [4.78, 5) is 15.8. The molecule has 2 N–H and O–H groups in total. The van der Waals surface area contributed by atoms with Crippen LogP contribution in [0.25, 0.3) is 0 Å². The molecule has 7 atom stereocenters. The minimum absolute atomic E-state index is 0.0331. The third-order valence-corrected chi connectivity index (χ3v) is 11.8. The molecule has 7 unspecified atom stereocenters. The van der Waals surface area contributed by atoms with E-state index in [0.717, 1.165) is 49.0 Å². The molecule has 0 aromatic heterocycles. The van der Waals surface area contributed by atoms with Crippen LogP contribution in [0.2, 0.25) is 0 Å². The fourth-order valence-corrected chi connectivity index (χ4v) is 8.84. The molecule has 0 spiro atoms. The average Bonchev–Trinajstić information content (AvgIpc) is 3.81. The maximum Gasteiger partial charge on any atom is 0.260 e. The number of nitrogens with one attached hydrogen (secondary N) is 2. The van der Waals surface area contributed by atoms with E-state index >= 15 is 0 Å². The normalized spacial score (nSPS) is 33.0.